The van der Waals surface area contributed by atoms with Crippen LogP contribution in [-0.4, -0.2) is 23.1 Å². The quantitative estimate of drug-likeness (QED) is 0.539. The third-order valence-corrected chi connectivity index (χ3v) is 5.06. The van der Waals surface area contributed by atoms with Crippen molar-refractivity contribution < 1.29 is 18.9 Å². The lowest BCUT2D eigenvalue weighted by molar-refractivity contribution is 0.173. The Balaban J connectivity index is 1.48. The molecule has 6 rings (SSSR count). The molecule has 0 bridgehead atoms. The lowest BCUT2D eigenvalue weighted by Crippen LogP contribution is -2.02. The van der Waals surface area contributed by atoms with Gasteiger partial charge < -0.3 is 23.5 Å². The summed E-state index contributed by atoms with van der Waals surface area (Å²) >= 11 is 0. The molecule has 2 aliphatic rings. The second kappa shape index (κ2) is 5.92. The van der Waals surface area contributed by atoms with Gasteiger partial charge in [-0.25, -0.2) is 4.98 Å². The molecule has 3 heterocycles. The second-order valence-electron chi connectivity index (χ2n) is 6.77. The molecule has 0 N–H and O–H groups in total. The average molecular weight is 372 g/mol. The minimum absolute atomic E-state index is 0.256. The third kappa shape index (κ3) is 2.38. The van der Waals surface area contributed by atoms with Crippen LogP contribution in [0.25, 0.3) is 22.4 Å². The summed E-state index contributed by atoms with van der Waals surface area (Å²) < 4.78 is 24.2. The van der Waals surface area contributed by atoms with Crippen molar-refractivity contribution in [2.24, 2.45) is 0 Å². The molecule has 0 radical (unpaired) electrons. The van der Waals surface area contributed by atoms with Crippen molar-refractivity contribution in [3.05, 3.63) is 66.2 Å². The van der Waals surface area contributed by atoms with Crippen molar-refractivity contribution in [3.63, 3.8) is 0 Å². The van der Waals surface area contributed by atoms with Gasteiger partial charge in [0.2, 0.25) is 13.6 Å². The Morgan fingerprint density at radius 1 is 0.750 bits per heavy atom. The molecule has 0 unspecified atom stereocenters. The predicted octanol–water partition coefficient (Wildman–Crippen LogP) is 4.21. The van der Waals surface area contributed by atoms with E-state index in [0.717, 1.165) is 51.0 Å². The Bertz CT molecular complexity index is 1210. The van der Waals surface area contributed by atoms with E-state index in [0.29, 0.717) is 6.54 Å². The summed E-state index contributed by atoms with van der Waals surface area (Å²) in [6, 6.07) is 20.1. The van der Waals surface area contributed by atoms with E-state index in [4.69, 9.17) is 23.9 Å². The number of fused-ring (bicyclic) bond motifs is 3. The monoisotopic (exact) mass is 372 g/mol. The predicted molar refractivity (Wildman–Crippen MR) is 103 cm³/mol. The van der Waals surface area contributed by atoms with Gasteiger partial charge in [0.05, 0.1) is 11.0 Å². The molecular formula is C22H16N2O4. The zero-order valence-electron chi connectivity index (χ0n) is 14.9. The lowest BCUT2D eigenvalue weighted by Gasteiger charge is -2.11. The number of aromatic nitrogens is 2. The van der Waals surface area contributed by atoms with Gasteiger partial charge in [-0.15, -0.1) is 0 Å². The summed E-state index contributed by atoms with van der Waals surface area (Å²) in [7, 11) is 0. The Labute approximate surface area is 160 Å². The van der Waals surface area contributed by atoms with Crippen LogP contribution in [0.5, 0.6) is 23.0 Å². The first-order chi connectivity index (χ1) is 13.8. The highest BCUT2D eigenvalue weighted by Crippen LogP contribution is 2.37. The van der Waals surface area contributed by atoms with E-state index in [9.17, 15) is 0 Å². The molecule has 2 aliphatic heterocycles. The first-order valence-electron chi connectivity index (χ1n) is 9.09. The maximum atomic E-state index is 5.55. The zero-order chi connectivity index (χ0) is 18.5. The summed E-state index contributed by atoms with van der Waals surface area (Å²) in [6.45, 7) is 1.20. The Morgan fingerprint density at radius 3 is 2.32 bits per heavy atom. The van der Waals surface area contributed by atoms with Gasteiger partial charge in [-0.05, 0) is 48.0 Å². The van der Waals surface area contributed by atoms with E-state index in [1.165, 1.54) is 0 Å². The molecule has 28 heavy (non-hydrogen) atoms. The highest BCUT2D eigenvalue weighted by Gasteiger charge is 2.19. The molecule has 1 aromatic heterocycles. The number of hydrogen-bond acceptors (Lipinski definition) is 5. The van der Waals surface area contributed by atoms with Gasteiger partial charge in [0, 0.05) is 12.1 Å². The van der Waals surface area contributed by atoms with Crippen molar-refractivity contribution in [1.82, 2.24) is 9.55 Å². The lowest BCUT2D eigenvalue weighted by atomic mass is 10.1. The fraction of sp³-hybridized carbons (Fsp3) is 0.136. The molecule has 0 saturated heterocycles. The van der Waals surface area contributed by atoms with E-state index in [1.807, 2.05) is 48.5 Å². The van der Waals surface area contributed by atoms with E-state index in [1.54, 1.807) is 0 Å². The van der Waals surface area contributed by atoms with Gasteiger partial charge in [0.25, 0.3) is 0 Å². The molecular weight excluding hydrogens is 356 g/mol. The maximum Gasteiger partial charge on any atom is 0.231 e. The number of hydrogen-bond donors (Lipinski definition) is 0. The average Bonchev–Trinajstić information content (AvgIpc) is 3.45. The van der Waals surface area contributed by atoms with Crippen LogP contribution in [0.1, 0.15) is 5.56 Å². The zero-order valence-corrected chi connectivity index (χ0v) is 14.9. The van der Waals surface area contributed by atoms with Gasteiger partial charge in [0.15, 0.2) is 23.0 Å². The normalized spacial score (nSPS) is 14.0. The van der Waals surface area contributed by atoms with Crippen LogP contribution in [0.15, 0.2) is 60.7 Å². The van der Waals surface area contributed by atoms with Crippen LogP contribution >= 0.6 is 0 Å². The Hall–Kier alpha value is -3.67. The van der Waals surface area contributed by atoms with Gasteiger partial charge in [-0.1, -0.05) is 18.2 Å². The SMILES string of the molecule is c1ccc2c(c1)nc(-c1ccc3c(c1)OCO3)n2Cc1ccc2c(c1)OCO2. The number of para-hydroxylation sites is 2. The smallest absolute Gasteiger partial charge is 0.231 e. The molecule has 0 amide bonds. The van der Waals surface area contributed by atoms with Gasteiger partial charge in [-0.3, -0.25) is 0 Å². The molecule has 0 fully saturated rings. The molecule has 0 spiro atoms. The van der Waals surface area contributed by atoms with Crippen LogP contribution in [0.4, 0.5) is 0 Å². The fourth-order valence-corrected chi connectivity index (χ4v) is 3.71. The number of ether oxygens (including phenoxy) is 4. The molecule has 4 aromatic rings. The summed E-state index contributed by atoms with van der Waals surface area (Å²) in [5.74, 6) is 3.97. The van der Waals surface area contributed by atoms with Gasteiger partial charge in [-0.2, -0.15) is 0 Å². The largest absolute Gasteiger partial charge is 0.454 e. The minimum atomic E-state index is 0.256. The van der Waals surface area contributed by atoms with Crippen LogP contribution in [0, 0.1) is 0 Å². The van der Waals surface area contributed by atoms with Crippen molar-refractivity contribution in [2.45, 2.75) is 6.54 Å². The molecule has 0 aliphatic carbocycles. The van der Waals surface area contributed by atoms with E-state index in [-0.39, 0.29) is 13.6 Å². The van der Waals surface area contributed by atoms with Crippen molar-refractivity contribution in [1.29, 1.82) is 0 Å². The fourth-order valence-electron chi connectivity index (χ4n) is 3.71. The van der Waals surface area contributed by atoms with E-state index in [2.05, 4.69) is 16.7 Å². The van der Waals surface area contributed by atoms with Crippen LogP contribution in [-0.2, 0) is 6.54 Å². The molecule has 0 saturated carbocycles. The second-order valence-corrected chi connectivity index (χ2v) is 6.77. The first-order valence-corrected chi connectivity index (χ1v) is 9.09. The number of imidazole rings is 1. The summed E-state index contributed by atoms with van der Waals surface area (Å²) in [4.78, 5) is 4.89. The summed E-state index contributed by atoms with van der Waals surface area (Å²) in [5.41, 5.74) is 4.14. The van der Waals surface area contributed by atoms with Gasteiger partial charge >= 0.3 is 0 Å². The first kappa shape index (κ1) is 15.4. The maximum absolute atomic E-state index is 5.55. The Morgan fingerprint density at radius 2 is 1.46 bits per heavy atom. The molecule has 3 aromatic carbocycles. The minimum Gasteiger partial charge on any atom is -0.454 e. The number of nitrogens with zero attached hydrogens (tertiary/aromatic N) is 2. The van der Waals surface area contributed by atoms with E-state index >= 15 is 0 Å². The summed E-state index contributed by atoms with van der Waals surface area (Å²) in [6.07, 6.45) is 0. The van der Waals surface area contributed by atoms with Crippen LogP contribution in [0.2, 0.25) is 0 Å². The van der Waals surface area contributed by atoms with Crippen LogP contribution < -0.4 is 18.9 Å². The van der Waals surface area contributed by atoms with Gasteiger partial charge in [0.1, 0.15) is 5.82 Å². The molecule has 138 valence electrons. The summed E-state index contributed by atoms with van der Waals surface area (Å²) in [5, 5.41) is 0. The standard InChI is InChI=1S/C22H16N2O4/c1-2-4-17-16(3-1)23-22(15-6-8-19-21(10-15)28-13-26-19)24(17)11-14-5-7-18-20(9-14)27-12-25-18/h1-10H,11-13H2. The van der Waals surface area contributed by atoms with Crippen molar-refractivity contribution in [3.8, 4) is 34.4 Å². The van der Waals surface area contributed by atoms with Crippen LogP contribution in [0.3, 0.4) is 0 Å². The highest BCUT2D eigenvalue weighted by atomic mass is 16.7. The third-order valence-electron chi connectivity index (χ3n) is 5.06. The van der Waals surface area contributed by atoms with Crippen molar-refractivity contribution >= 4 is 11.0 Å². The molecule has 6 heteroatoms. The topological polar surface area (TPSA) is 54.7 Å². The van der Waals surface area contributed by atoms with E-state index < -0.39 is 0 Å². The molecule has 0 atom stereocenters. The van der Waals surface area contributed by atoms with Crippen molar-refractivity contribution in [2.75, 3.05) is 13.6 Å². The number of benzene rings is 3. The number of rotatable bonds is 3. The molecule has 6 nitrogen and oxygen atoms in total. The Kier molecular flexibility index (Phi) is 3.25. The highest BCUT2D eigenvalue weighted by molar-refractivity contribution is 5.81.